The maximum atomic E-state index is 9.15. The van der Waals surface area contributed by atoms with Gasteiger partial charge in [0.1, 0.15) is 17.6 Å². The number of fused-ring (bicyclic) bond motifs is 1. The third-order valence-electron chi connectivity index (χ3n) is 5.40. The van der Waals surface area contributed by atoms with Crippen LogP contribution in [0.4, 0.5) is 0 Å². The molecule has 0 atom stereocenters. The number of nitriles is 1. The fourth-order valence-electron chi connectivity index (χ4n) is 3.89. The van der Waals surface area contributed by atoms with Crippen molar-refractivity contribution in [1.82, 2.24) is 35.2 Å². The second kappa shape index (κ2) is 8.40. The van der Waals surface area contributed by atoms with Crippen LogP contribution in [0.1, 0.15) is 30.4 Å². The monoisotopic (exact) mass is 420 g/mol. The number of nitrogens with one attached hydrogen (secondary N) is 1. The highest BCUT2D eigenvalue weighted by Crippen LogP contribution is 2.30. The van der Waals surface area contributed by atoms with Crippen molar-refractivity contribution in [3.05, 3.63) is 77.7 Å². The number of pyridine rings is 1. The average molecular weight is 420 g/mol. The molecular formula is C24H20N8. The number of H-pyrrole nitrogens is 1. The SMILES string of the molecule is CCCc1nc2nc(C#N)ccc2n1Cc1ccc(-c2ccccc2-c2nn[nH]n2)cc1. The van der Waals surface area contributed by atoms with E-state index in [-0.39, 0.29) is 0 Å². The summed E-state index contributed by atoms with van der Waals surface area (Å²) in [5, 5.41) is 23.6. The van der Waals surface area contributed by atoms with Crippen LogP contribution in [0.5, 0.6) is 0 Å². The van der Waals surface area contributed by atoms with Gasteiger partial charge in [0.15, 0.2) is 5.65 Å². The van der Waals surface area contributed by atoms with Crippen molar-refractivity contribution in [3.8, 4) is 28.6 Å². The standard InChI is InChI=1S/C24H20N8/c1-2-5-22-27-24-21(13-12-18(14-25)26-24)32(22)15-16-8-10-17(11-9-16)19-6-3-4-7-20(19)23-28-30-31-29-23/h3-4,6-13H,2,5,15H2,1H3,(H,28,29,30,31). The molecule has 0 aliphatic carbocycles. The second-order valence-corrected chi connectivity index (χ2v) is 7.49. The molecule has 0 saturated carbocycles. The van der Waals surface area contributed by atoms with Gasteiger partial charge in [-0.25, -0.2) is 9.97 Å². The summed E-state index contributed by atoms with van der Waals surface area (Å²) in [7, 11) is 0. The molecule has 8 nitrogen and oxygen atoms in total. The van der Waals surface area contributed by atoms with E-state index in [0.29, 0.717) is 23.7 Å². The number of nitrogens with zero attached hydrogens (tertiary/aromatic N) is 7. The highest BCUT2D eigenvalue weighted by Gasteiger charge is 2.14. The van der Waals surface area contributed by atoms with E-state index in [2.05, 4.69) is 73.5 Å². The molecular weight excluding hydrogens is 400 g/mol. The van der Waals surface area contributed by atoms with E-state index in [0.717, 1.165) is 46.4 Å². The van der Waals surface area contributed by atoms with Crippen LogP contribution >= 0.6 is 0 Å². The molecule has 156 valence electrons. The summed E-state index contributed by atoms with van der Waals surface area (Å²) >= 11 is 0. The number of aromatic nitrogens is 7. The lowest BCUT2D eigenvalue weighted by Crippen LogP contribution is -2.05. The zero-order chi connectivity index (χ0) is 21.9. The second-order valence-electron chi connectivity index (χ2n) is 7.49. The summed E-state index contributed by atoms with van der Waals surface area (Å²) in [6, 6.07) is 22.3. The molecule has 0 aliphatic heterocycles. The zero-order valence-electron chi connectivity index (χ0n) is 17.5. The van der Waals surface area contributed by atoms with E-state index < -0.39 is 0 Å². The van der Waals surface area contributed by atoms with Crippen molar-refractivity contribution in [3.63, 3.8) is 0 Å². The summed E-state index contributed by atoms with van der Waals surface area (Å²) < 4.78 is 2.19. The molecule has 0 bridgehead atoms. The Morgan fingerprint density at radius 2 is 1.78 bits per heavy atom. The Morgan fingerprint density at radius 1 is 0.969 bits per heavy atom. The third kappa shape index (κ3) is 3.61. The van der Waals surface area contributed by atoms with Gasteiger partial charge >= 0.3 is 0 Å². The number of rotatable bonds is 6. The van der Waals surface area contributed by atoms with Gasteiger partial charge in [0, 0.05) is 18.5 Å². The van der Waals surface area contributed by atoms with Crippen molar-refractivity contribution in [2.24, 2.45) is 0 Å². The molecule has 1 N–H and O–H groups in total. The van der Waals surface area contributed by atoms with E-state index in [4.69, 9.17) is 10.2 Å². The summed E-state index contributed by atoms with van der Waals surface area (Å²) in [5.41, 5.74) is 6.17. The summed E-state index contributed by atoms with van der Waals surface area (Å²) in [6.45, 7) is 2.82. The van der Waals surface area contributed by atoms with E-state index in [9.17, 15) is 0 Å². The molecule has 0 amide bonds. The minimum absolute atomic E-state index is 0.384. The molecule has 0 saturated heterocycles. The molecule has 0 unspecified atom stereocenters. The first-order chi connectivity index (χ1) is 15.8. The molecule has 0 radical (unpaired) electrons. The minimum atomic E-state index is 0.384. The van der Waals surface area contributed by atoms with Gasteiger partial charge in [-0.3, -0.25) is 0 Å². The number of imidazole rings is 1. The molecule has 3 aromatic heterocycles. The first kappa shape index (κ1) is 19.6. The lowest BCUT2D eigenvalue weighted by Gasteiger charge is -2.11. The van der Waals surface area contributed by atoms with Gasteiger partial charge in [-0.2, -0.15) is 10.5 Å². The Hall–Kier alpha value is -4.38. The molecule has 3 heterocycles. The highest BCUT2D eigenvalue weighted by atomic mass is 15.5. The van der Waals surface area contributed by atoms with Crippen LogP contribution in [0.3, 0.4) is 0 Å². The van der Waals surface area contributed by atoms with Crippen LogP contribution < -0.4 is 0 Å². The molecule has 0 spiro atoms. The fraction of sp³-hybridized carbons (Fsp3) is 0.167. The maximum Gasteiger partial charge on any atom is 0.205 e. The molecule has 8 heteroatoms. The smallest absolute Gasteiger partial charge is 0.205 e. The van der Waals surface area contributed by atoms with Gasteiger partial charge in [-0.1, -0.05) is 55.5 Å². The molecule has 32 heavy (non-hydrogen) atoms. The lowest BCUT2D eigenvalue weighted by atomic mass is 9.98. The van der Waals surface area contributed by atoms with E-state index in [1.165, 1.54) is 0 Å². The van der Waals surface area contributed by atoms with Crippen molar-refractivity contribution in [1.29, 1.82) is 5.26 Å². The van der Waals surface area contributed by atoms with E-state index in [1.807, 2.05) is 24.3 Å². The normalized spacial score (nSPS) is 11.0. The Kier molecular flexibility index (Phi) is 5.14. The number of tetrazole rings is 1. The van der Waals surface area contributed by atoms with Gasteiger partial charge < -0.3 is 4.57 Å². The number of hydrogen-bond donors (Lipinski definition) is 1. The van der Waals surface area contributed by atoms with Crippen molar-refractivity contribution in [2.45, 2.75) is 26.3 Å². The van der Waals surface area contributed by atoms with Crippen LogP contribution in [0.2, 0.25) is 0 Å². The average Bonchev–Trinajstić information content (AvgIpc) is 3.48. The zero-order valence-corrected chi connectivity index (χ0v) is 17.5. The molecule has 0 aliphatic rings. The van der Waals surface area contributed by atoms with Crippen LogP contribution in [0.15, 0.2) is 60.7 Å². The maximum absolute atomic E-state index is 9.15. The molecule has 2 aromatic carbocycles. The van der Waals surface area contributed by atoms with Crippen molar-refractivity contribution < 1.29 is 0 Å². The highest BCUT2D eigenvalue weighted by molar-refractivity contribution is 5.80. The van der Waals surface area contributed by atoms with Gasteiger partial charge in [0.2, 0.25) is 5.82 Å². The number of aryl methyl sites for hydroxylation is 1. The Bertz CT molecular complexity index is 1410. The van der Waals surface area contributed by atoms with E-state index in [1.54, 1.807) is 6.07 Å². The Balaban J connectivity index is 1.48. The summed E-state index contributed by atoms with van der Waals surface area (Å²) in [5.74, 6) is 1.56. The Morgan fingerprint density at radius 3 is 2.50 bits per heavy atom. The largest absolute Gasteiger partial charge is 0.322 e. The van der Waals surface area contributed by atoms with Gasteiger partial charge in [-0.05, 0) is 40.5 Å². The van der Waals surface area contributed by atoms with Crippen LogP contribution in [0, 0.1) is 11.3 Å². The first-order valence-electron chi connectivity index (χ1n) is 10.4. The minimum Gasteiger partial charge on any atom is -0.322 e. The third-order valence-corrected chi connectivity index (χ3v) is 5.40. The van der Waals surface area contributed by atoms with Gasteiger partial charge in [0.25, 0.3) is 0 Å². The van der Waals surface area contributed by atoms with Crippen molar-refractivity contribution in [2.75, 3.05) is 0 Å². The van der Waals surface area contributed by atoms with Gasteiger partial charge in [-0.15, -0.1) is 10.2 Å². The topological polar surface area (TPSA) is 109 Å². The Labute approximate surface area is 184 Å². The summed E-state index contributed by atoms with van der Waals surface area (Å²) in [6.07, 6.45) is 1.84. The fourth-order valence-corrected chi connectivity index (χ4v) is 3.89. The number of benzene rings is 2. The molecule has 5 aromatic rings. The van der Waals surface area contributed by atoms with Crippen LogP contribution in [-0.2, 0) is 13.0 Å². The predicted molar refractivity (Wildman–Crippen MR) is 120 cm³/mol. The predicted octanol–water partition coefficient (Wildman–Crippen LogP) is 4.15. The first-order valence-corrected chi connectivity index (χ1v) is 10.4. The molecule has 5 rings (SSSR count). The quantitative estimate of drug-likeness (QED) is 0.442. The van der Waals surface area contributed by atoms with Gasteiger partial charge in [0.05, 0.1) is 5.52 Å². The lowest BCUT2D eigenvalue weighted by molar-refractivity contribution is 0.722. The number of hydrogen-bond acceptors (Lipinski definition) is 6. The van der Waals surface area contributed by atoms with Crippen LogP contribution in [-0.4, -0.2) is 35.2 Å². The van der Waals surface area contributed by atoms with E-state index >= 15 is 0 Å². The van der Waals surface area contributed by atoms with Crippen LogP contribution in [0.25, 0.3) is 33.7 Å². The molecule has 0 fully saturated rings. The number of aromatic amines is 1. The van der Waals surface area contributed by atoms with Crippen molar-refractivity contribution >= 4 is 11.2 Å². The summed E-state index contributed by atoms with van der Waals surface area (Å²) in [4.78, 5) is 9.06.